The van der Waals surface area contributed by atoms with Crippen LogP contribution in [-0.2, 0) is 65.4 Å². The zero-order valence-corrected chi connectivity index (χ0v) is 58.8. The molecule has 19 heteroatoms. The van der Waals surface area contributed by atoms with E-state index in [9.17, 15) is 43.2 Å². The maximum Gasteiger partial charge on any atom is 0.472 e. The number of hydrogen-bond donors (Lipinski definition) is 3. The minimum atomic E-state index is -4.95. The van der Waals surface area contributed by atoms with E-state index in [1.807, 2.05) is 0 Å². The summed E-state index contributed by atoms with van der Waals surface area (Å²) < 4.78 is 68.0. The third-order valence-electron chi connectivity index (χ3n) is 16.3. The molecule has 0 aliphatic carbocycles. The molecule has 0 spiro atoms. The molecule has 0 aromatic rings. The lowest BCUT2D eigenvalue weighted by molar-refractivity contribution is -0.161. The molecule has 0 saturated carbocycles. The topological polar surface area (TPSA) is 237 Å². The summed E-state index contributed by atoms with van der Waals surface area (Å²) in [5, 5.41) is 10.5. The van der Waals surface area contributed by atoms with E-state index < -0.39 is 97.5 Å². The number of rotatable bonds is 68. The van der Waals surface area contributed by atoms with E-state index in [4.69, 9.17) is 37.0 Å². The van der Waals surface area contributed by atoms with E-state index >= 15 is 0 Å². The average Bonchev–Trinajstić information content (AvgIpc) is 3.71. The minimum absolute atomic E-state index is 0.103. The molecule has 0 fully saturated rings. The Labute approximate surface area is 537 Å². The number of phosphoric ester groups is 2. The zero-order chi connectivity index (χ0) is 65.0. The van der Waals surface area contributed by atoms with Crippen LogP contribution in [0.4, 0.5) is 0 Å². The molecular formula is C69H134O17P2. The predicted molar refractivity (Wildman–Crippen MR) is 354 cm³/mol. The highest BCUT2D eigenvalue weighted by Crippen LogP contribution is 2.45. The first-order chi connectivity index (χ1) is 42.4. The smallest absolute Gasteiger partial charge is 0.462 e. The fraction of sp³-hybridized carbons (Fsp3) is 0.942. The van der Waals surface area contributed by atoms with Gasteiger partial charge in [-0.05, 0) is 37.5 Å². The third-order valence-corrected chi connectivity index (χ3v) is 18.2. The van der Waals surface area contributed by atoms with Gasteiger partial charge in [-0.15, -0.1) is 0 Å². The van der Waals surface area contributed by atoms with Crippen LogP contribution in [0.5, 0.6) is 0 Å². The lowest BCUT2D eigenvalue weighted by Gasteiger charge is -2.21. The van der Waals surface area contributed by atoms with Crippen molar-refractivity contribution in [3.05, 3.63) is 0 Å². The van der Waals surface area contributed by atoms with Gasteiger partial charge in [0.2, 0.25) is 0 Å². The van der Waals surface area contributed by atoms with Gasteiger partial charge in [0.1, 0.15) is 19.3 Å². The normalized spacial score (nSPS) is 14.5. The summed E-state index contributed by atoms with van der Waals surface area (Å²) in [6.07, 6.45) is 46.3. The molecule has 0 heterocycles. The van der Waals surface area contributed by atoms with Gasteiger partial charge < -0.3 is 33.8 Å². The van der Waals surface area contributed by atoms with Crippen molar-refractivity contribution < 1.29 is 80.2 Å². The first-order valence-corrected chi connectivity index (χ1v) is 39.0. The highest BCUT2D eigenvalue weighted by atomic mass is 31.2. The Hall–Kier alpha value is -1.94. The van der Waals surface area contributed by atoms with E-state index in [-0.39, 0.29) is 25.7 Å². The van der Waals surface area contributed by atoms with Crippen LogP contribution in [0, 0.1) is 11.8 Å². The monoisotopic (exact) mass is 1300 g/mol. The van der Waals surface area contributed by atoms with Gasteiger partial charge in [0, 0.05) is 25.7 Å². The van der Waals surface area contributed by atoms with Crippen LogP contribution in [0.15, 0.2) is 0 Å². The minimum Gasteiger partial charge on any atom is -0.462 e. The number of phosphoric acid groups is 2. The van der Waals surface area contributed by atoms with Crippen molar-refractivity contribution in [2.24, 2.45) is 11.8 Å². The summed E-state index contributed by atoms with van der Waals surface area (Å²) in [6.45, 7) is 9.41. The lowest BCUT2D eigenvalue weighted by Crippen LogP contribution is -2.30. The number of carbonyl (C=O) groups excluding carboxylic acids is 4. The van der Waals surface area contributed by atoms with Crippen LogP contribution in [0.2, 0.25) is 0 Å². The largest absolute Gasteiger partial charge is 0.472 e. The van der Waals surface area contributed by atoms with Gasteiger partial charge in [0.25, 0.3) is 0 Å². The molecule has 0 aromatic carbocycles. The van der Waals surface area contributed by atoms with Crippen LogP contribution >= 0.6 is 15.6 Å². The Kier molecular flexibility index (Phi) is 59.9. The number of hydrogen-bond acceptors (Lipinski definition) is 15. The Bertz CT molecular complexity index is 1720. The maximum atomic E-state index is 13.0. The highest BCUT2D eigenvalue weighted by molar-refractivity contribution is 7.47. The van der Waals surface area contributed by atoms with Crippen molar-refractivity contribution in [1.82, 2.24) is 0 Å². The van der Waals surface area contributed by atoms with Crippen LogP contribution in [0.25, 0.3) is 0 Å². The number of carbonyl (C=O) groups is 4. The number of aliphatic hydroxyl groups excluding tert-OH is 1. The number of ether oxygens (including phenoxy) is 4. The lowest BCUT2D eigenvalue weighted by atomic mass is 9.99. The molecule has 17 nitrogen and oxygen atoms in total. The maximum absolute atomic E-state index is 13.0. The molecule has 0 radical (unpaired) electrons. The van der Waals surface area contributed by atoms with Crippen molar-refractivity contribution in [3.63, 3.8) is 0 Å². The molecule has 522 valence electrons. The van der Waals surface area contributed by atoms with Gasteiger partial charge in [-0.25, -0.2) is 9.13 Å². The second kappa shape index (κ2) is 61.3. The van der Waals surface area contributed by atoms with E-state index in [1.165, 1.54) is 161 Å². The second-order valence-electron chi connectivity index (χ2n) is 25.6. The van der Waals surface area contributed by atoms with E-state index in [0.29, 0.717) is 31.6 Å². The first kappa shape index (κ1) is 86.1. The summed E-state index contributed by atoms with van der Waals surface area (Å²) in [5.41, 5.74) is 0. The quantitative estimate of drug-likeness (QED) is 0.0222. The third kappa shape index (κ3) is 61.6. The zero-order valence-electron chi connectivity index (χ0n) is 57.0. The summed E-state index contributed by atoms with van der Waals surface area (Å²) in [7, 11) is -9.89. The second-order valence-corrected chi connectivity index (χ2v) is 28.5. The van der Waals surface area contributed by atoms with Crippen molar-refractivity contribution in [2.45, 2.75) is 368 Å². The van der Waals surface area contributed by atoms with E-state index in [2.05, 4.69) is 41.5 Å². The standard InChI is InChI=1S/C69H134O17P2/c1-7-10-12-14-15-16-17-18-19-20-21-22-23-24-25-30-35-41-47-53-68(73)86-65(58-80-67(72)52-46-40-34-29-27-26-28-33-39-44-50-62(6)9-3)60-84-88(77,78)82-56-63(70)55-81-87(75,76)83-59-64(57-79-66(71)51-45-37-13-11-8-2)85-69(74)54-48-42-36-31-32-38-43-49-61(4)5/h61-65,70H,7-60H2,1-6H3,(H,75,76)(H,77,78)/t62?,63-,64+,65+/m0/s1. The van der Waals surface area contributed by atoms with E-state index in [0.717, 1.165) is 102 Å². The van der Waals surface area contributed by atoms with Crippen molar-refractivity contribution in [3.8, 4) is 0 Å². The van der Waals surface area contributed by atoms with Crippen molar-refractivity contribution >= 4 is 39.5 Å². The molecule has 3 unspecified atom stereocenters. The molecular weight excluding hydrogens is 1160 g/mol. The van der Waals surface area contributed by atoms with Gasteiger partial charge in [0.05, 0.1) is 26.4 Å². The summed E-state index contributed by atoms with van der Waals surface area (Å²) in [4.78, 5) is 72.2. The molecule has 88 heavy (non-hydrogen) atoms. The van der Waals surface area contributed by atoms with Crippen LogP contribution in [-0.4, -0.2) is 96.7 Å². The van der Waals surface area contributed by atoms with Crippen molar-refractivity contribution in [1.29, 1.82) is 0 Å². The number of esters is 4. The summed E-state index contributed by atoms with van der Waals surface area (Å²) in [5.74, 6) is -0.634. The fourth-order valence-corrected chi connectivity index (χ4v) is 12.0. The Morgan fingerprint density at radius 3 is 0.864 bits per heavy atom. The van der Waals surface area contributed by atoms with Crippen molar-refractivity contribution in [2.75, 3.05) is 39.6 Å². The van der Waals surface area contributed by atoms with Gasteiger partial charge in [-0.1, -0.05) is 298 Å². The molecule has 0 aliphatic rings. The molecule has 0 amide bonds. The Balaban J connectivity index is 5.15. The molecule has 0 bridgehead atoms. The molecule has 0 aliphatic heterocycles. The number of unbranched alkanes of at least 4 members (excludes halogenated alkanes) is 37. The molecule has 0 aromatic heterocycles. The average molecular weight is 1300 g/mol. The van der Waals surface area contributed by atoms with E-state index in [1.54, 1.807) is 0 Å². The Morgan fingerprint density at radius 1 is 0.330 bits per heavy atom. The van der Waals surface area contributed by atoms with Crippen LogP contribution < -0.4 is 0 Å². The first-order valence-electron chi connectivity index (χ1n) is 36.0. The van der Waals surface area contributed by atoms with Crippen LogP contribution in [0.3, 0.4) is 0 Å². The molecule has 6 atom stereocenters. The van der Waals surface area contributed by atoms with Crippen LogP contribution in [0.1, 0.15) is 350 Å². The summed E-state index contributed by atoms with van der Waals surface area (Å²) in [6, 6.07) is 0. The van der Waals surface area contributed by atoms with Gasteiger partial charge in [-0.3, -0.25) is 37.3 Å². The Morgan fingerprint density at radius 2 is 0.580 bits per heavy atom. The van der Waals surface area contributed by atoms with Gasteiger partial charge in [0.15, 0.2) is 12.2 Å². The van der Waals surface area contributed by atoms with Gasteiger partial charge >= 0.3 is 39.5 Å². The van der Waals surface area contributed by atoms with Gasteiger partial charge in [-0.2, -0.15) is 0 Å². The molecule has 0 saturated heterocycles. The molecule has 0 rings (SSSR count). The fourth-order valence-electron chi connectivity index (χ4n) is 10.4. The number of aliphatic hydroxyl groups is 1. The predicted octanol–water partition coefficient (Wildman–Crippen LogP) is 19.6. The highest BCUT2D eigenvalue weighted by Gasteiger charge is 2.30. The SMILES string of the molecule is CCCCCCCCCCCCCCCCCCCCCC(=O)O[C@H](COC(=O)CCCCCCCCCCCCC(C)CC)COP(=O)(O)OC[C@@H](O)COP(=O)(O)OC[C@@H](COC(=O)CCCCCCC)OC(=O)CCCCCCCCCC(C)C. The summed E-state index contributed by atoms with van der Waals surface area (Å²) >= 11 is 0. The molecule has 3 N–H and O–H groups in total.